The highest BCUT2D eigenvalue weighted by molar-refractivity contribution is 6.08. The third-order valence-corrected chi connectivity index (χ3v) is 14.8. The third-order valence-electron chi connectivity index (χ3n) is 14.8. The Hall–Kier alpha value is -7.44. The molecule has 0 spiro atoms. The Kier molecular flexibility index (Phi) is 17.1. The van der Waals surface area contributed by atoms with Crippen LogP contribution >= 0.6 is 0 Å². The molecule has 4 aromatic heterocycles. The van der Waals surface area contributed by atoms with Crippen molar-refractivity contribution in [3.8, 4) is 11.4 Å². The fourth-order valence-corrected chi connectivity index (χ4v) is 10.3. The Morgan fingerprint density at radius 1 is 0.573 bits per heavy atom. The van der Waals surface area contributed by atoms with Crippen LogP contribution in [0.5, 0.6) is 0 Å². The Labute approximate surface area is 438 Å². The second kappa shape index (κ2) is 23.8. The summed E-state index contributed by atoms with van der Waals surface area (Å²) >= 11 is 0. The fourth-order valence-electron chi connectivity index (χ4n) is 10.3. The summed E-state index contributed by atoms with van der Waals surface area (Å²) in [7, 11) is 3.42. The van der Waals surface area contributed by atoms with E-state index in [1.165, 1.54) is 0 Å². The van der Waals surface area contributed by atoms with Crippen molar-refractivity contribution in [3.63, 3.8) is 0 Å². The van der Waals surface area contributed by atoms with E-state index in [0.717, 1.165) is 70.0 Å². The zero-order valence-corrected chi connectivity index (χ0v) is 44.4. The zero-order chi connectivity index (χ0) is 53.5. The molecule has 6 N–H and O–H groups in total. The minimum absolute atomic E-state index is 0.114. The number of rotatable bonds is 20. The van der Waals surface area contributed by atoms with Crippen LogP contribution in [-0.2, 0) is 19.2 Å². The number of likely N-dealkylation sites (N-methyl/N-ethyl adjacent to an activating group) is 2. The molecule has 0 saturated carbocycles. The van der Waals surface area contributed by atoms with Crippen LogP contribution in [0.3, 0.4) is 0 Å². The Morgan fingerprint density at radius 2 is 0.973 bits per heavy atom. The average molecular weight is 1020 g/mol. The molecular weight excluding hydrogens is 949 g/mol. The Morgan fingerprint density at radius 3 is 1.36 bits per heavy atom. The molecule has 0 radical (unpaired) electrons. The number of para-hydroxylation sites is 2. The van der Waals surface area contributed by atoms with Crippen molar-refractivity contribution < 1.29 is 28.8 Å². The molecule has 75 heavy (non-hydrogen) atoms. The molecule has 6 heterocycles. The number of nitrogens with one attached hydrogen (secondary N) is 6. The molecule has 0 bridgehead atoms. The minimum atomic E-state index is -0.673. The van der Waals surface area contributed by atoms with Gasteiger partial charge in [0.25, 0.3) is 11.8 Å². The molecule has 0 unspecified atom stereocenters. The van der Waals surface area contributed by atoms with E-state index in [1.54, 1.807) is 52.7 Å². The number of hydrogen-bond acceptors (Lipinski definition) is 10. The van der Waals surface area contributed by atoms with Crippen LogP contribution in [0.4, 0.5) is 0 Å². The van der Waals surface area contributed by atoms with Gasteiger partial charge in [0.15, 0.2) is 0 Å². The molecule has 6 aromatic rings. The first-order chi connectivity index (χ1) is 36.1. The summed E-state index contributed by atoms with van der Waals surface area (Å²) in [5, 5.41) is 19.5. The van der Waals surface area contributed by atoms with Gasteiger partial charge in [-0.2, -0.15) is 0 Å². The predicted octanol–water partition coefficient (Wildman–Crippen LogP) is 5.74. The Balaban J connectivity index is 0.912. The SMILES string of the molecule is CN[C@@H](C)C(=O)N[C@H](C(=O)N1CCC[C@H]1c1cncc(-n2cc(C(=O)NCCCNC(=O)c3cn(-c4cncc([C@@H]5CCCN5C(=O)[C@@H](NC(=O)[C@H](C)NC)C(C)C)c4)c4ccccc34)c3ccccc32)c1)C(C)C. The van der Waals surface area contributed by atoms with Crippen molar-refractivity contribution in [1.82, 2.24) is 60.8 Å². The largest absolute Gasteiger partial charge is 0.352 e. The van der Waals surface area contributed by atoms with Gasteiger partial charge in [-0.3, -0.25) is 38.7 Å². The molecule has 6 amide bonds. The highest BCUT2D eigenvalue weighted by atomic mass is 16.2. The second-order valence-electron chi connectivity index (χ2n) is 20.5. The summed E-state index contributed by atoms with van der Waals surface area (Å²) in [6.07, 6.45) is 14.3. The lowest BCUT2D eigenvalue weighted by Gasteiger charge is -2.32. The summed E-state index contributed by atoms with van der Waals surface area (Å²) in [6.45, 7) is 13.0. The van der Waals surface area contributed by atoms with Gasteiger partial charge in [0.1, 0.15) is 12.1 Å². The lowest BCUT2D eigenvalue weighted by molar-refractivity contribution is -0.139. The highest BCUT2D eigenvalue weighted by Crippen LogP contribution is 2.36. The van der Waals surface area contributed by atoms with Crippen LogP contribution in [0.15, 0.2) is 97.8 Å². The van der Waals surface area contributed by atoms with E-state index >= 15 is 0 Å². The van der Waals surface area contributed by atoms with Gasteiger partial charge < -0.3 is 50.8 Å². The van der Waals surface area contributed by atoms with E-state index in [0.29, 0.717) is 43.7 Å². The van der Waals surface area contributed by atoms with Crippen LogP contribution in [0.25, 0.3) is 33.2 Å². The van der Waals surface area contributed by atoms with E-state index in [4.69, 9.17) is 0 Å². The van der Waals surface area contributed by atoms with Crippen molar-refractivity contribution >= 4 is 57.2 Å². The molecule has 2 aliphatic heterocycles. The van der Waals surface area contributed by atoms with Gasteiger partial charge in [-0.05, 0) is 107 Å². The Bertz CT molecular complexity index is 2850. The van der Waals surface area contributed by atoms with Crippen molar-refractivity contribution in [2.24, 2.45) is 11.8 Å². The van der Waals surface area contributed by atoms with Crippen molar-refractivity contribution in [3.05, 3.63) is 120 Å². The van der Waals surface area contributed by atoms with E-state index in [1.807, 2.05) is 120 Å². The number of aromatic nitrogens is 4. The number of pyridine rings is 2. The molecule has 18 heteroatoms. The second-order valence-corrected chi connectivity index (χ2v) is 20.5. The van der Waals surface area contributed by atoms with Gasteiger partial charge in [-0.1, -0.05) is 64.1 Å². The maximum atomic E-state index is 14.1. The van der Waals surface area contributed by atoms with Crippen molar-refractivity contribution in [2.45, 2.75) is 110 Å². The number of carbonyl (C=O) groups is 6. The van der Waals surface area contributed by atoms with Gasteiger partial charge in [-0.15, -0.1) is 0 Å². The molecule has 8 rings (SSSR count). The van der Waals surface area contributed by atoms with Crippen LogP contribution in [0.2, 0.25) is 0 Å². The fraction of sp³-hybridized carbons (Fsp3) is 0.439. The minimum Gasteiger partial charge on any atom is -0.352 e. The van der Waals surface area contributed by atoms with Gasteiger partial charge in [-0.25, -0.2) is 0 Å². The molecule has 18 nitrogen and oxygen atoms in total. The number of benzene rings is 2. The summed E-state index contributed by atoms with van der Waals surface area (Å²) in [5.41, 5.74) is 5.87. The summed E-state index contributed by atoms with van der Waals surface area (Å²) < 4.78 is 3.90. The lowest BCUT2D eigenvalue weighted by Crippen LogP contribution is -2.54. The lowest BCUT2D eigenvalue weighted by atomic mass is 10.00. The van der Waals surface area contributed by atoms with Gasteiger partial charge in [0.2, 0.25) is 23.6 Å². The molecule has 0 aliphatic carbocycles. The van der Waals surface area contributed by atoms with Crippen LogP contribution in [-0.4, -0.2) is 129 Å². The van der Waals surface area contributed by atoms with Gasteiger partial charge in [0, 0.05) is 61.7 Å². The third kappa shape index (κ3) is 11.6. The van der Waals surface area contributed by atoms with Crippen LogP contribution in [0.1, 0.15) is 118 Å². The van der Waals surface area contributed by atoms with E-state index < -0.39 is 24.2 Å². The first-order valence-corrected chi connectivity index (χ1v) is 26.3. The number of nitrogens with zero attached hydrogens (tertiary/aromatic N) is 6. The molecule has 2 aromatic carbocycles. The van der Waals surface area contributed by atoms with Crippen LogP contribution in [0, 0.1) is 11.8 Å². The number of likely N-dealkylation sites (tertiary alicyclic amines) is 2. The van der Waals surface area contributed by atoms with E-state index in [-0.39, 0.29) is 59.4 Å². The monoisotopic (exact) mass is 1020 g/mol. The standard InChI is InChI=1S/C57H72N12O6/c1-34(2)50(64-52(70)36(5)58-7)56(74)66-24-13-20-46(66)38-26-40(30-60-28-38)68-32-44(42-16-9-11-18-48(42)68)54(72)62-22-15-23-63-55(73)45-33-69(49-19-12-10-17-43(45)49)41-27-39(29-61-31-41)47-21-14-25-67(47)57(75)51(35(3)4)65-53(71)37(6)59-8/h9-12,16-19,26-37,46-47,50-51,58-59H,13-15,20-25H2,1-8H3,(H,62,72)(H,63,73)(H,64,70)(H,65,71)/t36-,37-,46-,47-,50-,51-/m0/s1. The number of amides is 6. The summed E-state index contributed by atoms with van der Waals surface area (Å²) in [4.78, 5) is 94.5. The summed E-state index contributed by atoms with van der Waals surface area (Å²) in [5.74, 6) is -1.43. The predicted molar refractivity (Wildman–Crippen MR) is 289 cm³/mol. The average Bonchev–Trinajstić information content (AvgIpc) is 4.26. The molecule has 2 saturated heterocycles. The maximum absolute atomic E-state index is 14.1. The van der Waals surface area contributed by atoms with Gasteiger partial charge in [0.05, 0.1) is 70.1 Å². The van der Waals surface area contributed by atoms with Crippen molar-refractivity contribution in [2.75, 3.05) is 40.3 Å². The van der Waals surface area contributed by atoms with E-state index in [2.05, 4.69) is 41.9 Å². The van der Waals surface area contributed by atoms with Gasteiger partial charge >= 0.3 is 0 Å². The topological polar surface area (TPSA) is 217 Å². The normalized spacial score (nSPS) is 17.3. The first-order valence-electron chi connectivity index (χ1n) is 26.3. The first kappa shape index (κ1) is 53.8. The molecular formula is C57H72N12O6. The zero-order valence-electron chi connectivity index (χ0n) is 44.4. The van der Waals surface area contributed by atoms with E-state index in [9.17, 15) is 28.8 Å². The quantitative estimate of drug-likeness (QED) is 0.0510. The molecule has 2 aliphatic rings. The molecule has 6 atom stereocenters. The summed E-state index contributed by atoms with van der Waals surface area (Å²) in [6, 6.07) is 16.7. The number of hydrogen-bond donors (Lipinski definition) is 6. The molecule has 396 valence electrons. The number of carbonyl (C=O) groups excluding carboxylic acids is 6. The smallest absolute Gasteiger partial charge is 0.253 e. The highest BCUT2D eigenvalue weighted by Gasteiger charge is 2.38. The molecule has 2 fully saturated rings. The van der Waals surface area contributed by atoms with Crippen LogP contribution < -0.4 is 31.9 Å². The number of fused-ring (bicyclic) bond motifs is 2. The van der Waals surface area contributed by atoms with Crippen molar-refractivity contribution in [1.29, 1.82) is 0 Å². The maximum Gasteiger partial charge on any atom is 0.253 e.